The number of hydrogen-bond acceptors (Lipinski definition) is 4. The first-order valence-corrected chi connectivity index (χ1v) is 8.57. The molecular formula is C19H21N3O2. The first kappa shape index (κ1) is 15.1. The fraction of sp³-hybridized carbons (Fsp3) is 0.368. The summed E-state index contributed by atoms with van der Waals surface area (Å²) in [7, 11) is 0. The molecule has 0 amide bonds. The molecule has 0 radical (unpaired) electrons. The fourth-order valence-corrected chi connectivity index (χ4v) is 3.39. The molecule has 5 nitrogen and oxygen atoms in total. The average Bonchev–Trinajstić information content (AvgIpc) is 3.00. The van der Waals surface area contributed by atoms with E-state index in [9.17, 15) is 4.79 Å². The van der Waals surface area contributed by atoms with Gasteiger partial charge >= 0.3 is 5.97 Å². The van der Waals surface area contributed by atoms with Crippen molar-refractivity contribution >= 4 is 27.8 Å². The molecule has 1 aromatic carbocycles. The van der Waals surface area contributed by atoms with Gasteiger partial charge in [-0.2, -0.15) is 0 Å². The van der Waals surface area contributed by atoms with Crippen LogP contribution in [0.2, 0.25) is 0 Å². The minimum atomic E-state index is -0.348. The van der Waals surface area contributed by atoms with E-state index in [0.29, 0.717) is 12.3 Å². The van der Waals surface area contributed by atoms with Gasteiger partial charge in [0.2, 0.25) is 0 Å². The third-order valence-electron chi connectivity index (χ3n) is 4.69. The molecule has 3 heterocycles. The van der Waals surface area contributed by atoms with Crippen molar-refractivity contribution in [3.8, 4) is 0 Å². The Labute approximate surface area is 140 Å². The molecule has 0 saturated carbocycles. The minimum Gasteiger partial charge on any atom is -0.460 e. The van der Waals surface area contributed by atoms with E-state index < -0.39 is 0 Å². The predicted molar refractivity (Wildman–Crippen MR) is 94.2 cm³/mol. The van der Waals surface area contributed by atoms with Crippen LogP contribution in [0.1, 0.15) is 29.8 Å². The number of nitrogens with zero attached hydrogens (tertiary/aromatic N) is 2. The van der Waals surface area contributed by atoms with Crippen LogP contribution in [0, 0.1) is 0 Å². The van der Waals surface area contributed by atoms with Gasteiger partial charge in [0.25, 0.3) is 0 Å². The van der Waals surface area contributed by atoms with Gasteiger partial charge in [-0.3, -0.25) is 4.90 Å². The first-order valence-electron chi connectivity index (χ1n) is 8.57. The van der Waals surface area contributed by atoms with Gasteiger partial charge in [-0.05, 0) is 38.1 Å². The highest BCUT2D eigenvalue weighted by Crippen LogP contribution is 2.25. The molecule has 1 saturated heterocycles. The molecule has 124 valence electrons. The van der Waals surface area contributed by atoms with Crippen molar-refractivity contribution in [2.24, 2.45) is 0 Å². The third-order valence-corrected chi connectivity index (χ3v) is 4.69. The van der Waals surface area contributed by atoms with Crippen molar-refractivity contribution < 1.29 is 9.53 Å². The molecule has 1 fully saturated rings. The maximum Gasteiger partial charge on any atom is 0.356 e. The third kappa shape index (κ3) is 2.99. The second kappa shape index (κ2) is 6.61. The van der Waals surface area contributed by atoms with Crippen molar-refractivity contribution in [3.05, 3.63) is 42.2 Å². The van der Waals surface area contributed by atoms with Crippen LogP contribution >= 0.6 is 0 Å². The number of benzene rings is 1. The number of likely N-dealkylation sites (tertiary alicyclic amines) is 1. The average molecular weight is 323 g/mol. The van der Waals surface area contributed by atoms with Crippen LogP contribution in [0.15, 0.2) is 36.5 Å². The summed E-state index contributed by atoms with van der Waals surface area (Å²) in [6.07, 6.45) is 5.50. The number of nitrogens with one attached hydrogen (secondary N) is 1. The lowest BCUT2D eigenvalue weighted by Gasteiger charge is -2.25. The highest BCUT2D eigenvalue weighted by atomic mass is 16.5. The van der Waals surface area contributed by atoms with Crippen LogP contribution < -0.4 is 0 Å². The Balaban J connectivity index is 1.46. The second-order valence-electron chi connectivity index (χ2n) is 6.32. The van der Waals surface area contributed by atoms with E-state index in [-0.39, 0.29) is 5.97 Å². The van der Waals surface area contributed by atoms with Crippen LogP contribution in [0.4, 0.5) is 0 Å². The topological polar surface area (TPSA) is 58.2 Å². The Hall–Kier alpha value is -2.40. The van der Waals surface area contributed by atoms with E-state index in [4.69, 9.17) is 4.74 Å². The number of H-pyrrole nitrogens is 1. The largest absolute Gasteiger partial charge is 0.460 e. The number of hydrogen-bond donors (Lipinski definition) is 1. The summed E-state index contributed by atoms with van der Waals surface area (Å²) in [5, 5.41) is 2.10. The standard InChI is InChI=1S/C19H21N3O2/c23-19(24-11-10-22-8-4-1-5-9-22)17-12-15-14-6-2-3-7-16(14)21-18(15)13-20-17/h2-3,6-7,12-13,21H,1,4-5,8-11H2. The molecular weight excluding hydrogens is 302 g/mol. The number of esters is 1. The van der Waals surface area contributed by atoms with Crippen molar-refractivity contribution in [3.63, 3.8) is 0 Å². The summed E-state index contributed by atoms with van der Waals surface area (Å²) in [5.74, 6) is -0.348. The monoisotopic (exact) mass is 323 g/mol. The lowest BCUT2D eigenvalue weighted by atomic mass is 10.1. The number of aromatic nitrogens is 2. The second-order valence-corrected chi connectivity index (χ2v) is 6.32. The summed E-state index contributed by atoms with van der Waals surface area (Å²) in [5.41, 5.74) is 2.34. The molecule has 1 aliphatic heterocycles. The van der Waals surface area contributed by atoms with Crippen LogP contribution in [-0.4, -0.2) is 47.1 Å². The summed E-state index contributed by atoms with van der Waals surface area (Å²) in [6.45, 7) is 3.45. The van der Waals surface area contributed by atoms with Crippen molar-refractivity contribution in [1.82, 2.24) is 14.9 Å². The van der Waals surface area contributed by atoms with Gasteiger partial charge in [-0.1, -0.05) is 24.6 Å². The zero-order chi connectivity index (χ0) is 16.4. The Morgan fingerprint density at radius 3 is 2.83 bits per heavy atom. The first-order chi connectivity index (χ1) is 11.8. The van der Waals surface area contributed by atoms with Gasteiger partial charge in [-0.15, -0.1) is 0 Å². The number of piperidine rings is 1. The molecule has 0 aliphatic carbocycles. The van der Waals surface area contributed by atoms with Crippen molar-refractivity contribution in [1.29, 1.82) is 0 Å². The molecule has 0 atom stereocenters. The van der Waals surface area contributed by atoms with E-state index in [1.54, 1.807) is 6.20 Å². The van der Waals surface area contributed by atoms with E-state index in [1.165, 1.54) is 19.3 Å². The van der Waals surface area contributed by atoms with Gasteiger partial charge in [0.15, 0.2) is 0 Å². The van der Waals surface area contributed by atoms with E-state index in [2.05, 4.69) is 14.9 Å². The molecule has 0 unspecified atom stereocenters. The highest BCUT2D eigenvalue weighted by molar-refractivity contribution is 6.08. The Bertz CT molecular complexity index is 865. The van der Waals surface area contributed by atoms with Crippen molar-refractivity contribution in [2.45, 2.75) is 19.3 Å². The van der Waals surface area contributed by atoms with Crippen LogP contribution in [0.5, 0.6) is 0 Å². The summed E-state index contributed by atoms with van der Waals surface area (Å²) in [6, 6.07) is 9.86. The van der Waals surface area contributed by atoms with Crippen LogP contribution in [-0.2, 0) is 4.74 Å². The van der Waals surface area contributed by atoms with Crippen LogP contribution in [0.3, 0.4) is 0 Å². The summed E-state index contributed by atoms with van der Waals surface area (Å²) < 4.78 is 5.42. The normalized spacial score (nSPS) is 15.8. The number of carbonyl (C=O) groups is 1. The number of para-hydroxylation sites is 1. The molecule has 0 spiro atoms. The zero-order valence-electron chi connectivity index (χ0n) is 13.6. The van der Waals surface area contributed by atoms with Gasteiger partial charge in [-0.25, -0.2) is 9.78 Å². The van der Waals surface area contributed by atoms with Gasteiger partial charge in [0, 0.05) is 22.8 Å². The molecule has 5 heteroatoms. The SMILES string of the molecule is O=C(OCCN1CCCCC1)c1cc2c(cn1)[nH]c1ccccc12. The lowest BCUT2D eigenvalue weighted by Crippen LogP contribution is -2.33. The van der Waals surface area contributed by atoms with Gasteiger partial charge < -0.3 is 9.72 Å². The van der Waals surface area contributed by atoms with Crippen LogP contribution in [0.25, 0.3) is 21.8 Å². The van der Waals surface area contributed by atoms with Gasteiger partial charge in [0.1, 0.15) is 12.3 Å². The van der Waals surface area contributed by atoms with E-state index in [0.717, 1.165) is 41.4 Å². The molecule has 3 aromatic rings. The molecule has 4 rings (SSSR count). The molecule has 2 aromatic heterocycles. The Morgan fingerprint density at radius 2 is 1.96 bits per heavy atom. The summed E-state index contributed by atoms with van der Waals surface area (Å²) in [4.78, 5) is 22.2. The molecule has 1 N–H and O–H groups in total. The zero-order valence-corrected chi connectivity index (χ0v) is 13.6. The van der Waals surface area contributed by atoms with Gasteiger partial charge in [0.05, 0.1) is 11.7 Å². The van der Waals surface area contributed by atoms with Crippen molar-refractivity contribution in [2.75, 3.05) is 26.2 Å². The van der Waals surface area contributed by atoms with E-state index >= 15 is 0 Å². The highest BCUT2D eigenvalue weighted by Gasteiger charge is 2.14. The van der Waals surface area contributed by atoms with E-state index in [1.807, 2.05) is 30.3 Å². The smallest absolute Gasteiger partial charge is 0.356 e. The Kier molecular flexibility index (Phi) is 4.17. The number of carbonyl (C=O) groups excluding carboxylic acids is 1. The maximum atomic E-state index is 12.3. The summed E-state index contributed by atoms with van der Waals surface area (Å²) >= 11 is 0. The maximum absolute atomic E-state index is 12.3. The molecule has 0 bridgehead atoms. The quantitative estimate of drug-likeness (QED) is 0.748. The molecule has 1 aliphatic rings. The number of rotatable bonds is 4. The number of pyridine rings is 1. The number of fused-ring (bicyclic) bond motifs is 3. The Morgan fingerprint density at radius 1 is 1.12 bits per heavy atom. The molecule has 24 heavy (non-hydrogen) atoms. The minimum absolute atomic E-state index is 0.348. The number of aromatic amines is 1. The number of ether oxygens (including phenoxy) is 1. The fourth-order valence-electron chi connectivity index (χ4n) is 3.39. The lowest BCUT2D eigenvalue weighted by molar-refractivity contribution is 0.0445. The predicted octanol–water partition coefficient (Wildman–Crippen LogP) is 3.36.